The van der Waals surface area contributed by atoms with Crippen molar-refractivity contribution >= 4 is 11.8 Å². The van der Waals surface area contributed by atoms with Crippen molar-refractivity contribution in [1.82, 2.24) is 10.6 Å². The van der Waals surface area contributed by atoms with Crippen molar-refractivity contribution in [2.24, 2.45) is 11.8 Å². The highest BCUT2D eigenvalue weighted by atomic mass is 16.3. The predicted molar refractivity (Wildman–Crippen MR) is 162 cm³/mol. The highest BCUT2D eigenvalue weighted by Gasteiger charge is 2.33. The first-order chi connectivity index (χ1) is 20.3. The summed E-state index contributed by atoms with van der Waals surface area (Å²) in [7, 11) is 0. The third-order valence-corrected chi connectivity index (χ3v) is 8.60. The first-order valence-corrected chi connectivity index (χ1v) is 15.2. The molecule has 222 valence electrons. The third kappa shape index (κ3) is 8.43. The molecule has 0 bridgehead atoms. The maximum Gasteiger partial charge on any atom is 0.220 e. The molecule has 3 aromatic carbocycles. The van der Waals surface area contributed by atoms with Crippen LogP contribution in [0.15, 0.2) is 78.9 Å². The molecule has 5 N–H and O–H groups in total. The number of hydrogen-bond donors (Lipinski definition) is 5. The van der Waals surface area contributed by atoms with Gasteiger partial charge < -0.3 is 26.0 Å². The van der Waals surface area contributed by atoms with E-state index in [9.17, 15) is 24.9 Å². The van der Waals surface area contributed by atoms with E-state index in [0.29, 0.717) is 44.6 Å². The third-order valence-electron chi connectivity index (χ3n) is 8.60. The van der Waals surface area contributed by atoms with Gasteiger partial charge in [-0.25, -0.2) is 0 Å². The van der Waals surface area contributed by atoms with Gasteiger partial charge in [0.25, 0.3) is 0 Å². The van der Waals surface area contributed by atoms with Crippen LogP contribution < -0.4 is 10.6 Å². The molecular formula is C35H42N2O5. The molecule has 3 aromatic rings. The predicted octanol–water partition coefficient (Wildman–Crippen LogP) is 4.38. The second kappa shape index (κ2) is 14.0. The molecule has 42 heavy (non-hydrogen) atoms. The number of aromatic hydroxyl groups is 1. The van der Waals surface area contributed by atoms with Crippen LogP contribution in [0.5, 0.6) is 5.75 Å². The molecule has 2 aliphatic rings. The Morgan fingerprint density at radius 3 is 2.26 bits per heavy atom. The summed E-state index contributed by atoms with van der Waals surface area (Å²) in [6, 6.07) is 24.6. The summed E-state index contributed by atoms with van der Waals surface area (Å²) in [5, 5.41) is 38.1. The van der Waals surface area contributed by atoms with E-state index in [0.717, 1.165) is 35.1 Å². The second-order valence-electron chi connectivity index (χ2n) is 12.1. The van der Waals surface area contributed by atoms with Crippen molar-refractivity contribution < 1.29 is 24.9 Å². The Kier molecular flexibility index (Phi) is 9.93. The highest BCUT2D eigenvalue weighted by molar-refractivity contribution is 5.77. The molecule has 0 radical (unpaired) electrons. The van der Waals surface area contributed by atoms with E-state index in [1.807, 2.05) is 66.7 Å². The fourth-order valence-corrected chi connectivity index (χ4v) is 6.17. The number of benzene rings is 3. The number of aliphatic hydroxyl groups excluding tert-OH is 2. The molecule has 1 saturated carbocycles. The second-order valence-corrected chi connectivity index (χ2v) is 12.1. The van der Waals surface area contributed by atoms with Gasteiger partial charge in [-0.2, -0.15) is 0 Å². The zero-order valence-corrected chi connectivity index (χ0v) is 24.0. The van der Waals surface area contributed by atoms with Crippen molar-refractivity contribution in [3.63, 3.8) is 0 Å². The summed E-state index contributed by atoms with van der Waals surface area (Å²) in [5.41, 5.74) is 4.06. The van der Waals surface area contributed by atoms with Crippen molar-refractivity contribution in [3.05, 3.63) is 101 Å². The minimum absolute atomic E-state index is 0.0261. The average Bonchev–Trinajstić information content (AvgIpc) is 3.74. The standard InChI is InChI=1S/C35H42N2O5/c38-29-15-10-24(11-16-29)18-25(21-34(42)37-35-30-9-5-4-8-26(30)22-32(35)40)20-31(39)27(19-23-6-2-1-3-7-23)12-17-33(41)36-28-13-14-28/h1-11,15-16,25,27-28,31-32,35,38-40H,12-14,17-22H2,(H,36,41)(H,37,42)/t25?,27?,31?,32-,35-/m0/s1. The number of phenolic OH excluding ortho intramolecular Hbond substituents is 1. The monoisotopic (exact) mass is 570 g/mol. The minimum atomic E-state index is -0.716. The Morgan fingerprint density at radius 2 is 1.52 bits per heavy atom. The van der Waals surface area contributed by atoms with Crippen molar-refractivity contribution in [2.75, 3.05) is 0 Å². The fourth-order valence-electron chi connectivity index (χ4n) is 6.17. The normalized spacial score (nSPS) is 19.9. The molecule has 0 saturated heterocycles. The van der Waals surface area contributed by atoms with Gasteiger partial charge in [0, 0.05) is 25.3 Å². The molecule has 0 aliphatic heterocycles. The number of carbonyl (C=O) groups is 2. The van der Waals surface area contributed by atoms with E-state index in [1.54, 1.807) is 12.1 Å². The lowest BCUT2D eigenvalue weighted by Gasteiger charge is -2.28. The van der Waals surface area contributed by atoms with Crippen LogP contribution in [0.4, 0.5) is 0 Å². The van der Waals surface area contributed by atoms with Gasteiger partial charge in [0.1, 0.15) is 5.75 Å². The van der Waals surface area contributed by atoms with Crippen LogP contribution in [-0.4, -0.2) is 45.4 Å². The molecule has 1 fully saturated rings. The molecular weight excluding hydrogens is 528 g/mol. The molecule has 7 heteroatoms. The lowest BCUT2D eigenvalue weighted by Crippen LogP contribution is -2.36. The Morgan fingerprint density at radius 1 is 0.833 bits per heavy atom. The van der Waals surface area contributed by atoms with Crippen LogP contribution in [0.3, 0.4) is 0 Å². The van der Waals surface area contributed by atoms with E-state index >= 15 is 0 Å². The van der Waals surface area contributed by atoms with Gasteiger partial charge >= 0.3 is 0 Å². The van der Waals surface area contributed by atoms with Gasteiger partial charge in [-0.15, -0.1) is 0 Å². The molecule has 0 spiro atoms. The number of phenols is 1. The van der Waals surface area contributed by atoms with Gasteiger partial charge in [-0.1, -0.05) is 66.7 Å². The molecule has 5 rings (SSSR count). The molecule has 2 amide bonds. The lowest BCUT2D eigenvalue weighted by molar-refractivity contribution is -0.123. The van der Waals surface area contributed by atoms with Crippen LogP contribution >= 0.6 is 0 Å². The van der Waals surface area contributed by atoms with Crippen molar-refractivity contribution in [2.45, 2.75) is 82.1 Å². The number of hydrogen-bond acceptors (Lipinski definition) is 5. The quantitative estimate of drug-likeness (QED) is 0.197. The van der Waals surface area contributed by atoms with Gasteiger partial charge in [0.05, 0.1) is 18.2 Å². The number of fused-ring (bicyclic) bond motifs is 1. The SMILES string of the molecule is O=C(CCC(Cc1ccccc1)C(O)CC(CC(=O)N[C@H]1c2ccccc2C[C@@H]1O)Cc1ccc(O)cc1)NC1CC1. The Bertz CT molecular complexity index is 1320. The van der Waals surface area contributed by atoms with Gasteiger partial charge in [-0.05, 0) is 84.7 Å². The minimum Gasteiger partial charge on any atom is -0.508 e. The smallest absolute Gasteiger partial charge is 0.220 e. The molecule has 0 aromatic heterocycles. The number of amides is 2. The largest absolute Gasteiger partial charge is 0.508 e. The summed E-state index contributed by atoms with van der Waals surface area (Å²) >= 11 is 0. The maximum atomic E-state index is 13.4. The zero-order chi connectivity index (χ0) is 29.5. The molecule has 2 aliphatic carbocycles. The van der Waals surface area contributed by atoms with Crippen molar-refractivity contribution in [3.8, 4) is 5.75 Å². The Balaban J connectivity index is 1.28. The molecule has 3 unspecified atom stereocenters. The summed E-state index contributed by atoms with van der Waals surface area (Å²) < 4.78 is 0. The topological polar surface area (TPSA) is 119 Å². The Labute approximate surface area is 248 Å². The van der Waals surface area contributed by atoms with E-state index in [-0.39, 0.29) is 35.8 Å². The van der Waals surface area contributed by atoms with Crippen LogP contribution in [-0.2, 0) is 28.9 Å². The zero-order valence-electron chi connectivity index (χ0n) is 24.0. The lowest BCUT2D eigenvalue weighted by atomic mass is 9.82. The Hall–Kier alpha value is -3.68. The summed E-state index contributed by atoms with van der Waals surface area (Å²) in [4.78, 5) is 25.9. The van der Waals surface area contributed by atoms with E-state index in [2.05, 4.69) is 10.6 Å². The van der Waals surface area contributed by atoms with Crippen LogP contribution in [0.1, 0.15) is 66.8 Å². The van der Waals surface area contributed by atoms with Crippen LogP contribution in [0.25, 0.3) is 0 Å². The number of nitrogens with one attached hydrogen (secondary N) is 2. The number of rotatable bonds is 14. The first kappa shape index (κ1) is 29.8. The summed E-state index contributed by atoms with van der Waals surface area (Å²) in [5.74, 6) is -0.300. The molecule has 7 nitrogen and oxygen atoms in total. The van der Waals surface area contributed by atoms with Crippen LogP contribution in [0, 0.1) is 11.8 Å². The van der Waals surface area contributed by atoms with E-state index < -0.39 is 18.2 Å². The number of aliphatic hydroxyl groups is 2. The van der Waals surface area contributed by atoms with Crippen LogP contribution in [0.2, 0.25) is 0 Å². The molecule has 0 heterocycles. The maximum absolute atomic E-state index is 13.4. The highest BCUT2D eigenvalue weighted by Crippen LogP contribution is 2.32. The van der Waals surface area contributed by atoms with Gasteiger partial charge in [0.15, 0.2) is 0 Å². The van der Waals surface area contributed by atoms with Gasteiger partial charge in [-0.3, -0.25) is 9.59 Å². The van der Waals surface area contributed by atoms with Gasteiger partial charge in [0.2, 0.25) is 11.8 Å². The van der Waals surface area contributed by atoms with E-state index in [4.69, 9.17) is 0 Å². The number of carbonyl (C=O) groups excluding carboxylic acids is 2. The summed E-state index contributed by atoms with van der Waals surface area (Å²) in [6.07, 6.45) is 3.85. The van der Waals surface area contributed by atoms with Crippen molar-refractivity contribution in [1.29, 1.82) is 0 Å². The molecule has 5 atom stereocenters. The summed E-state index contributed by atoms with van der Waals surface area (Å²) in [6.45, 7) is 0. The van der Waals surface area contributed by atoms with E-state index in [1.165, 1.54) is 0 Å². The average molecular weight is 571 g/mol. The first-order valence-electron chi connectivity index (χ1n) is 15.2. The fraction of sp³-hybridized carbons (Fsp3) is 0.429.